The third-order valence-electron chi connectivity index (χ3n) is 2.07. The zero-order valence-corrected chi connectivity index (χ0v) is 8.46. The molecule has 0 aromatic heterocycles. The fourth-order valence-electron chi connectivity index (χ4n) is 1.24. The van der Waals surface area contributed by atoms with Gasteiger partial charge in [-0.3, -0.25) is 0 Å². The molecule has 0 radical (unpaired) electrons. The maximum atomic E-state index is 3.31. The molecule has 1 rings (SSSR count). The number of rotatable bonds is 5. The normalized spacial score (nSPS) is 10.0. The van der Waals surface area contributed by atoms with Gasteiger partial charge < -0.3 is 10.2 Å². The van der Waals surface area contributed by atoms with Crippen LogP contribution in [-0.4, -0.2) is 26.7 Å². The highest BCUT2D eigenvalue weighted by atomic mass is 15.1. The van der Waals surface area contributed by atoms with E-state index in [2.05, 4.69) is 48.5 Å². The minimum Gasteiger partial charge on any atom is -0.373 e. The molecule has 0 aliphatic carbocycles. The summed E-state index contributed by atoms with van der Waals surface area (Å²) in [6, 6.07) is 10.4. The van der Waals surface area contributed by atoms with E-state index >= 15 is 0 Å². The molecule has 0 amide bonds. The highest BCUT2D eigenvalue weighted by molar-refractivity contribution is 5.44. The summed E-state index contributed by atoms with van der Waals surface area (Å²) in [5, 5.41) is 3.31. The van der Waals surface area contributed by atoms with Crippen molar-refractivity contribution in [3.8, 4) is 0 Å². The molecule has 0 fully saturated rings. The Morgan fingerprint density at radius 2 is 1.92 bits per heavy atom. The molecule has 2 heteroatoms. The second-order valence-electron chi connectivity index (χ2n) is 3.11. The first-order valence-corrected chi connectivity index (χ1v) is 4.81. The third kappa shape index (κ3) is 3.47. The van der Waals surface area contributed by atoms with Gasteiger partial charge in [0.25, 0.3) is 0 Å². The van der Waals surface area contributed by atoms with E-state index < -0.39 is 0 Å². The van der Waals surface area contributed by atoms with Gasteiger partial charge in [-0.1, -0.05) is 25.1 Å². The largest absolute Gasteiger partial charge is 0.373 e. The highest BCUT2D eigenvalue weighted by Crippen LogP contribution is 2.09. The van der Waals surface area contributed by atoms with E-state index in [9.17, 15) is 0 Å². The summed E-state index contributed by atoms with van der Waals surface area (Å²) in [5.41, 5.74) is 1.28. The average Bonchev–Trinajstić information content (AvgIpc) is 2.19. The Morgan fingerprint density at radius 1 is 1.23 bits per heavy atom. The number of benzene rings is 1. The lowest BCUT2D eigenvalue weighted by atomic mass is 10.3. The fraction of sp³-hybridized carbons (Fsp3) is 0.455. The van der Waals surface area contributed by atoms with Crippen LogP contribution in [0.3, 0.4) is 0 Å². The number of nitrogens with one attached hydrogen (secondary N) is 1. The van der Waals surface area contributed by atoms with Crippen molar-refractivity contribution in [1.82, 2.24) is 5.32 Å². The first-order valence-electron chi connectivity index (χ1n) is 4.81. The van der Waals surface area contributed by atoms with Crippen molar-refractivity contribution in [2.75, 3.05) is 31.6 Å². The molecule has 72 valence electrons. The van der Waals surface area contributed by atoms with E-state index in [0.29, 0.717) is 0 Å². The molecule has 1 aromatic rings. The first kappa shape index (κ1) is 10.1. The number of nitrogens with zero attached hydrogens (tertiary/aromatic N) is 1. The van der Waals surface area contributed by atoms with Gasteiger partial charge in [-0.05, 0) is 18.7 Å². The summed E-state index contributed by atoms with van der Waals surface area (Å²) in [4.78, 5) is 2.25. The zero-order valence-electron chi connectivity index (χ0n) is 8.46. The third-order valence-corrected chi connectivity index (χ3v) is 2.07. The Morgan fingerprint density at radius 3 is 2.54 bits per heavy atom. The molecule has 0 spiro atoms. The van der Waals surface area contributed by atoms with Gasteiger partial charge >= 0.3 is 0 Å². The van der Waals surface area contributed by atoms with Crippen LogP contribution in [0, 0.1) is 0 Å². The van der Waals surface area contributed by atoms with Crippen molar-refractivity contribution in [1.29, 1.82) is 0 Å². The van der Waals surface area contributed by atoms with E-state index in [4.69, 9.17) is 0 Å². The Balaban J connectivity index is 2.35. The molecule has 13 heavy (non-hydrogen) atoms. The van der Waals surface area contributed by atoms with Crippen molar-refractivity contribution in [2.45, 2.75) is 6.92 Å². The van der Waals surface area contributed by atoms with Gasteiger partial charge in [0.05, 0.1) is 0 Å². The van der Waals surface area contributed by atoms with Gasteiger partial charge in [0.15, 0.2) is 0 Å². The quantitative estimate of drug-likeness (QED) is 0.691. The number of para-hydroxylation sites is 1. The molecule has 2 nitrogen and oxygen atoms in total. The van der Waals surface area contributed by atoms with E-state index in [1.54, 1.807) is 0 Å². The standard InChI is InChI=1S/C11H18N2/c1-3-12-9-10-13(2)11-7-5-4-6-8-11/h4-8,12H,3,9-10H2,1-2H3. The van der Waals surface area contributed by atoms with Crippen molar-refractivity contribution in [2.24, 2.45) is 0 Å². The van der Waals surface area contributed by atoms with Gasteiger partial charge in [-0.15, -0.1) is 0 Å². The smallest absolute Gasteiger partial charge is 0.0364 e. The number of hydrogen-bond donors (Lipinski definition) is 1. The Bertz CT molecular complexity index is 221. The van der Waals surface area contributed by atoms with Crippen LogP contribution in [-0.2, 0) is 0 Å². The molecule has 1 N–H and O–H groups in total. The maximum Gasteiger partial charge on any atom is 0.0364 e. The minimum absolute atomic E-state index is 1.04. The predicted molar refractivity (Wildman–Crippen MR) is 58.3 cm³/mol. The number of likely N-dealkylation sites (N-methyl/N-ethyl adjacent to an activating group) is 2. The summed E-state index contributed by atoms with van der Waals surface area (Å²) >= 11 is 0. The molecule has 0 saturated carbocycles. The van der Waals surface area contributed by atoms with Gasteiger partial charge in [-0.25, -0.2) is 0 Å². The SMILES string of the molecule is CCNCCN(C)c1ccccc1. The van der Waals surface area contributed by atoms with Crippen LogP contribution in [0.25, 0.3) is 0 Å². The van der Waals surface area contributed by atoms with Crippen LogP contribution < -0.4 is 10.2 Å². The van der Waals surface area contributed by atoms with Crippen molar-refractivity contribution >= 4 is 5.69 Å². The van der Waals surface area contributed by atoms with E-state index in [0.717, 1.165) is 19.6 Å². The minimum atomic E-state index is 1.04. The molecule has 0 heterocycles. The molecule has 0 unspecified atom stereocenters. The van der Waals surface area contributed by atoms with Crippen molar-refractivity contribution < 1.29 is 0 Å². The molecule has 1 aromatic carbocycles. The molecular weight excluding hydrogens is 160 g/mol. The number of anilines is 1. The van der Waals surface area contributed by atoms with Crippen LogP contribution >= 0.6 is 0 Å². The summed E-state index contributed by atoms with van der Waals surface area (Å²) < 4.78 is 0. The molecule has 0 saturated heterocycles. The average molecular weight is 178 g/mol. The van der Waals surface area contributed by atoms with E-state index in [1.807, 2.05) is 6.07 Å². The molecule has 0 aliphatic rings. The van der Waals surface area contributed by atoms with Crippen molar-refractivity contribution in [3.05, 3.63) is 30.3 Å². The summed E-state index contributed by atoms with van der Waals surface area (Å²) in [7, 11) is 2.12. The zero-order chi connectivity index (χ0) is 9.52. The topological polar surface area (TPSA) is 15.3 Å². The van der Waals surface area contributed by atoms with Crippen LogP contribution in [0.5, 0.6) is 0 Å². The summed E-state index contributed by atoms with van der Waals surface area (Å²) in [6.45, 7) is 5.27. The Kier molecular flexibility index (Phi) is 4.33. The first-order chi connectivity index (χ1) is 6.34. The molecule has 0 atom stereocenters. The highest BCUT2D eigenvalue weighted by Gasteiger charge is 1.97. The van der Waals surface area contributed by atoms with Gasteiger partial charge in [0, 0.05) is 25.8 Å². The molecular formula is C11H18N2. The second kappa shape index (κ2) is 5.60. The monoisotopic (exact) mass is 178 g/mol. The molecule has 0 bridgehead atoms. The Hall–Kier alpha value is -1.02. The maximum absolute atomic E-state index is 3.31. The fourth-order valence-corrected chi connectivity index (χ4v) is 1.24. The van der Waals surface area contributed by atoms with Crippen LogP contribution in [0.4, 0.5) is 5.69 Å². The lowest BCUT2D eigenvalue weighted by molar-refractivity contribution is 0.706. The summed E-state index contributed by atoms with van der Waals surface area (Å²) in [5.74, 6) is 0. The number of hydrogen-bond acceptors (Lipinski definition) is 2. The second-order valence-corrected chi connectivity index (χ2v) is 3.11. The Labute approximate surface area is 80.6 Å². The lowest BCUT2D eigenvalue weighted by Crippen LogP contribution is -2.28. The van der Waals surface area contributed by atoms with Crippen molar-refractivity contribution in [3.63, 3.8) is 0 Å². The van der Waals surface area contributed by atoms with Gasteiger partial charge in [0.2, 0.25) is 0 Å². The predicted octanol–water partition coefficient (Wildman–Crippen LogP) is 1.73. The lowest BCUT2D eigenvalue weighted by Gasteiger charge is -2.18. The summed E-state index contributed by atoms with van der Waals surface area (Å²) in [6.07, 6.45) is 0. The van der Waals surface area contributed by atoms with E-state index in [1.165, 1.54) is 5.69 Å². The van der Waals surface area contributed by atoms with Crippen LogP contribution in [0.2, 0.25) is 0 Å². The van der Waals surface area contributed by atoms with Crippen LogP contribution in [0.15, 0.2) is 30.3 Å². The van der Waals surface area contributed by atoms with Gasteiger partial charge in [0.1, 0.15) is 0 Å². The molecule has 0 aliphatic heterocycles. The van der Waals surface area contributed by atoms with E-state index in [-0.39, 0.29) is 0 Å². The van der Waals surface area contributed by atoms with Gasteiger partial charge in [-0.2, -0.15) is 0 Å². The van der Waals surface area contributed by atoms with Crippen LogP contribution in [0.1, 0.15) is 6.92 Å².